The summed E-state index contributed by atoms with van der Waals surface area (Å²) in [5, 5.41) is 7.02. The van der Waals surface area contributed by atoms with Crippen LogP contribution in [-0.4, -0.2) is 0 Å². The molecule has 45 heavy (non-hydrogen) atoms. The van der Waals surface area contributed by atoms with E-state index in [1.165, 1.54) is 0 Å². The first-order valence-electron chi connectivity index (χ1n) is 15.6. The van der Waals surface area contributed by atoms with E-state index in [0.29, 0.717) is 6.04 Å². The van der Waals surface area contributed by atoms with Crippen LogP contribution in [0, 0.1) is 0 Å². The molecule has 0 bridgehead atoms. The van der Waals surface area contributed by atoms with Crippen molar-refractivity contribution in [1.29, 1.82) is 0 Å². The van der Waals surface area contributed by atoms with E-state index in [4.69, 9.17) is 0 Å². The largest absolute Gasteiger partial charge is 0.356 e. The number of benzene rings is 7. The van der Waals surface area contributed by atoms with E-state index >= 15 is 0 Å². The molecule has 0 heterocycles. The second-order valence-corrected chi connectivity index (χ2v) is 10.8. The summed E-state index contributed by atoms with van der Waals surface area (Å²) >= 11 is 0. The van der Waals surface area contributed by atoms with Crippen molar-refractivity contribution in [3.8, 4) is 22.3 Å². The van der Waals surface area contributed by atoms with Crippen LogP contribution in [0.2, 0.25) is 0 Å². The Kier molecular flexibility index (Phi) is 7.71. The molecule has 3 heteroatoms. The summed E-state index contributed by atoms with van der Waals surface area (Å²) in [7, 11) is 0. The Morgan fingerprint density at radius 2 is 0.800 bits per heavy atom. The quantitative estimate of drug-likeness (QED) is 0.178. The highest BCUT2D eigenvalue weighted by atomic mass is 15.1. The van der Waals surface area contributed by atoms with Crippen LogP contribution in [-0.2, 0) is 0 Å². The summed E-state index contributed by atoms with van der Waals surface area (Å²) in [5.41, 5.74) is 11.1. The van der Waals surface area contributed by atoms with Crippen LogP contribution < -0.4 is 15.5 Å². The molecule has 7 aromatic rings. The predicted molar refractivity (Wildman–Crippen MR) is 191 cm³/mol. The van der Waals surface area contributed by atoms with Gasteiger partial charge < -0.3 is 15.5 Å². The van der Waals surface area contributed by atoms with Gasteiger partial charge in [0.15, 0.2) is 0 Å². The van der Waals surface area contributed by atoms with Gasteiger partial charge in [-0.15, -0.1) is 0 Å². The Bertz CT molecular complexity index is 1990. The van der Waals surface area contributed by atoms with Crippen molar-refractivity contribution < 1.29 is 1.37 Å². The zero-order chi connectivity index (χ0) is 31.1. The van der Waals surface area contributed by atoms with E-state index in [2.05, 4.69) is 119 Å². The number of para-hydroxylation sites is 4. The highest BCUT2D eigenvalue weighted by Gasteiger charge is 2.14. The lowest BCUT2D eigenvalue weighted by Crippen LogP contribution is -2.09. The topological polar surface area (TPSA) is 27.3 Å². The number of rotatable bonds is 9. The number of hydrogen-bond acceptors (Lipinski definition) is 3. The molecule has 0 amide bonds. The molecule has 7 aromatic carbocycles. The Morgan fingerprint density at radius 3 is 1.36 bits per heavy atom. The third-order valence-corrected chi connectivity index (χ3v) is 7.71. The maximum Gasteiger partial charge on any atom is 0.0630 e. The van der Waals surface area contributed by atoms with Gasteiger partial charge in [-0.3, -0.25) is 0 Å². The van der Waals surface area contributed by atoms with Crippen LogP contribution in [0.5, 0.6) is 0 Å². The first-order chi connectivity index (χ1) is 22.7. The Hall–Kier alpha value is -6.06. The van der Waals surface area contributed by atoms with Gasteiger partial charge in [-0.1, -0.05) is 103 Å². The molecule has 216 valence electrons. The second-order valence-electron chi connectivity index (χ2n) is 10.8. The lowest BCUT2D eigenvalue weighted by atomic mass is 9.93. The highest BCUT2D eigenvalue weighted by Crippen LogP contribution is 2.39. The van der Waals surface area contributed by atoms with Crippen LogP contribution in [0.15, 0.2) is 188 Å². The Balaban J connectivity index is 1.29. The summed E-state index contributed by atoms with van der Waals surface area (Å²) in [6.45, 7) is 0. The number of hydrogen-bond donors (Lipinski definition) is 2. The molecule has 0 atom stereocenters. The molecule has 0 saturated heterocycles. The van der Waals surface area contributed by atoms with E-state index < -0.39 is 0 Å². The molecular weight excluding hydrogens is 546 g/mol. The number of anilines is 7. The first kappa shape index (κ1) is 26.6. The molecule has 0 unspecified atom stereocenters. The Labute approximate surface area is 266 Å². The van der Waals surface area contributed by atoms with E-state index in [1.807, 2.05) is 78.9 Å². The lowest BCUT2D eigenvalue weighted by Gasteiger charge is -2.25. The van der Waals surface area contributed by atoms with E-state index in [0.717, 1.165) is 62.1 Å². The average Bonchev–Trinajstić information content (AvgIpc) is 3.11. The van der Waals surface area contributed by atoms with Crippen LogP contribution in [0.4, 0.5) is 39.8 Å². The van der Waals surface area contributed by atoms with Crippen LogP contribution in [0.3, 0.4) is 0 Å². The fraction of sp³-hybridized carbons (Fsp3) is 0. The van der Waals surface area contributed by atoms with Crippen LogP contribution >= 0.6 is 0 Å². The SMILES string of the molecule is [2H]c1cc(N(c2ccccc2)c2ccccc2)ccc1-c1cc(Nc2ccccc2)ccc1-c1ccc(Nc2ccccc2)cc1. The molecule has 0 saturated carbocycles. The molecule has 0 aliphatic carbocycles. The van der Waals surface area contributed by atoms with Crippen molar-refractivity contribution in [3.05, 3.63) is 188 Å². The van der Waals surface area contributed by atoms with Crippen molar-refractivity contribution in [2.45, 2.75) is 0 Å². The summed E-state index contributed by atoms with van der Waals surface area (Å²) < 4.78 is 9.32. The standard InChI is InChI=1S/C42H33N3/c1-5-13-34(14-6-1)43-36-25-21-32(22-26-36)41-30-27-37(44-35-15-7-2-8-16-35)31-42(41)33-23-28-40(29-24-33)45(38-17-9-3-10-18-38)39-19-11-4-12-20-39/h1-31,43-44H/i23D. The van der Waals surface area contributed by atoms with Crippen LogP contribution in [0.25, 0.3) is 22.3 Å². The van der Waals surface area contributed by atoms with Crippen molar-refractivity contribution in [3.63, 3.8) is 0 Å². The molecule has 2 N–H and O–H groups in total. The van der Waals surface area contributed by atoms with Gasteiger partial charge in [-0.25, -0.2) is 0 Å². The molecule has 7 rings (SSSR count). The molecular formula is C42H33N3. The van der Waals surface area contributed by atoms with Crippen molar-refractivity contribution >= 4 is 39.8 Å². The van der Waals surface area contributed by atoms with Gasteiger partial charge in [0, 0.05) is 39.8 Å². The van der Waals surface area contributed by atoms with E-state index in [9.17, 15) is 1.37 Å². The molecule has 0 aromatic heterocycles. The molecule has 0 aliphatic rings. The average molecular weight is 581 g/mol. The van der Waals surface area contributed by atoms with E-state index in [1.54, 1.807) is 0 Å². The predicted octanol–water partition coefficient (Wildman–Crippen LogP) is 12.0. The second kappa shape index (κ2) is 13.1. The number of nitrogens with zero attached hydrogens (tertiary/aromatic N) is 1. The molecule has 3 nitrogen and oxygen atoms in total. The summed E-state index contributed by atoms with van der Waals surface area (Å²) in [4.78, 5) is 2.19. The van der Waals surface area contributed by atoms with Crippen molar-refractivity contribution in [2.75, 3.05) is 15.5 Å². The maximum atomic E-state index is 9.32. The molecule has 0 spiro atoms. The van der Waals surface area contributed by atoms with Crippen molar-refractivity contribution in [1.82, 2.24) is 0 Å². The normalized spacial score (nSPS) is 11.0. The fourth-order valence-electron chi connectivity index (χ4n) is 5.53. The van der Waals surface area contributed by atoms with Gasteiger partial charge in [0.25, 0.3) is 0 Å². The van der Waals surface area contributed by atoms with Gasteiger partial charge in [-0.05, 0) is 107 Å². The zero-order valence-electron chi connectivity index (χ0n) is 25.8. The third kappa shape index (κ3) is 6.48. The minimum absolute atomic E-state index is 0.454. The van der Waals surface area contributed by atoms with Gasteiger partial charge >= 0.3 is 0 Å². The van der Waals surface area contributed by atoms with Crippen molar-refractivity contribution in [2.24, 2.45) is 0 Å². The van der Waals surface area contributed by atoms with Crippen LogP contribution in [0.1, 0.15) is 1.37 Å². The maximum absolute atomic E-state index is 9.32. The van der Waals surface area contributed by atoms with Gasteiger partial charge in [0.1, 0.15) is 0 Å². The first-order valence-corrected chi connectivity index (χ1v) is 15.1. The molecule has 0 radical (unpaired) electrons. The number of nitrogens with one attached hydrogen (secondary N) is 2. The summed E-state index contributed by atoms with van der Waals surface area (Å²) in [5.74, 6) is 0. The minimum Gasteiger partial charge on any atom is -0.356 e. The highest BCUT2D eigenvalue weighted by molar-refractivity contribution is 5.88. The fourth-order valence-corrected chi connectivity index (χ4v) is 5.53. The van der Waals surface area contributed by atoms with Gasteiger partial charge in [-0.2, -0.15) is 0 Å². The van der Waals surface area contributed by atoms with E-state index in [-0.39, 0.29) is 0 Å². The van der Waals surface area contributed by atoms with Gasteiger partial charge in [0.05, 0.1) is 1.37 Å². The lowest BCUT2D eigenvalue weighted by molar-refractivity contribution is 1.28. The monoisotopic (exact) mass is 580 g/mol. The smallest absolute Gasteiger partial charge is 0.0630 e. The summed E-state index contributed by atoms with van der Waals surface area (Å²) in [6, 6.07) is 62.4. The zero-order valence-corrected chi connectivity index (χ0v) is 24.8. The summed E-state index contributed by atoms with van der Waals surface area (Å²) in [6.07, 6.45) is 0. The minimum atomic E-state index is 0.454. The molecule has 0 fully saturated rings. The van der Waals surface area contributed by atoms with Gasteiger partial charge in [0.2, 0.25) is 0 Å². The Morgan fingerprint density at radius 1 is 0.356 bits per heavy atom. The third-order valence-electron chi connectivity index (χ3n) is 7.71. The molecule has 0 aliphatic heterocycles.